The summed E-state index contributed by atoms with van der Waals surface area (Å²) in [4.78, 5) is 14.3. The smallest absolute Gasteiger partial charge is 0.309 e. The Morgan fingerprint density at radius 1 is 0.817 bits per heavy atom. The summed E-state index contributed by atoms with van der Waals surface area (Å²) in [5.74, 6) is -0.927. The molecule has 2 N–H and O–H groups in total. The van der Waals surface area contributed by atoms with Gasteiger partial charge in [-0.25, -0.2) is 8.42 Å². The molecule has 0 spiro atoms. The summed E-state index contributed by atoms with van der Waals surface area (Å²) in [6.45, 7) is 14.1. The predicted octanol–water partition coefficient (Wildman–Crippen LogP) is 7.48. The number of hydrogen-bond acceptors (Lipinski definition) is 9. The summed E-state index contributed by atoms with van der Waals surface area (Å²) >= 11 is 0. The molecule has 13 nitrogen and oxygen atoms in total. The van der Waals surface area contributed by atoms with E-state index in [9.17, 15) is 39.2 Å². The molecule has 0 aliphatic carbocycles. The summed E-state index contributed by atoms with van der Waals surface area (Å²) in [6.07, 6.45) is 18.2. The van der Waals surface area contributed by atoms with Crippen LogP contribution in [-0.4, -0.2) is 93.5 Å². The number of ether oxygens (including phenoxy) is 1. The molecule has 3 aliphatic rings. The van der Waals surface area contributed by atoms with E-state index in [-0.39, 0.29) is 46.9 Å². The van der Waals surface area contributed by atoms with E-state index < -0.39 is 41.1 Å². The van der Waals surface area contributed by atoms with Crippen molar-refractivity contribution in [1.82, 2.24) is 4.31 Å². The maximum absolute atomic E-state index is 13.9. The number of rotatable bonds is 18. The number of anilines is 1. The Morgan fingerprint density at radius 3 is 2.12 bits per heavy atom. The van der Waals surface area contributed by atoms with Gasteiger partial charge in [-0.05, 0) is 94.8 Å². The van der Waals surface area contributed by atoms with Crippen molar-refractivity contribution in [2.75, 3.05) is 43.4 Å². The minimum atomic E-state index is -4.44. The van der Waals surface area contributed by atoms with Gasteiger partial charge in [0.05, 0.1) is 33.5 Å². The van der Waals surface area contributed by atoms with Crippen molar-refractivity contribution in [2.24, 2.45) is 5.92 Å². The van der Waals surface area contributed by atoms with Gasteiger partial charge in [0.2, 0.25) is 15.7 Å². The Hall–Kier alpha value is -3.93. The van der Waals surface area contributed by atoms with Crippen LogP contribution in [0.3, 0.4) is 0 Å². The normalized spacial score (nSPS) is 19.3. The Balaban J connectivity index is 1.36. The number of nitrogens with zero attached hydrogens (tertiary/aromatic N) is 3. The van der Waals surface area contributed by atoms with Crippen molar-refractivity contribution in [3.8, 4) is 0 Å². The first-order chi connectivity index (χ1) is 28.1. The first kappa shape index (κ1) is 47.1. The van der Waals surface area contributed by atoms with Gasteiger partial charge in [-0.1, -0.05) is 57.6 Å². The number of fused-ring (bicyclic) bond motifs is 2. The summed E-state index contributed by atoms with van der Waals surface area (Å²) < 4.78 is 102. The van der Waals surface area contributed by atoms with E-state index in [4.69, 9.17) is 4.74 Å². The van der Waals surface area contributed by atoms with Crippen molar-refractivity contribution < 1.29 is 48.5 Å². The average Bonchev–Trinajstić information content (AvgIpc) is 3.52. The summed E-state index contributed by atoms with van der Waals surface area (Å²) in [5, 5.41) is 0. The zero-order chi connectivity index (χ0) is 44.1. The van der Waals surface area contributed by atoms with Gasteiger partial charge in [-0.15, -0.1) is 0 Å². The Kier molecular flexibility index (Phi) is 14.9. The monoisotopic (exact) mass is 886 g/mol. The highest BCUT2D eigenvalue weighted by Gasteiger charge is 2.45. The SMILES string of the molecule is CCCCC[N+]1=C(/C=C/C=C/C=C/C=C2/N(CCCCS(=O)(=O)O)c3ccc(S(=O)(=O)O)cc3C2(C)C)C(C)(C)c2cc(S(=O)(=O)N3CCC(C(=O)OCC)CC3)ccc21. The third kappa shape index (κ3) is 10.6. The number of benzene rings is 2. The standard InChI is InChI=1S/C44H59N3O10S3/c1-7-9-15-26-46-38-22-20-34(59(52,53)45-28-24-33(25-29-45)42(48)57-8-2)31-36(38)43(3,4)40(46)18-13-11-10-12-14-19-41-44(5,6)37-32-35(60(54,55)56)21-23-39(37)47(41)27-16-17-30-58(49,50)51/h10-14,18-23,31-33H,7-9,15-17,24-30H2,1-6H3,(H-,49,50,51,54,55,56)/p+1. The molecule has 0 unspecified atom stereocenters. The second kappa shape index (κ2) is 19.0. The lowest BCUT2D eigenvalue weighted by molar-refractivity contribution is -0.438. The van der Waals surface area contributed by atoms with E-state index in [2.05, 4.69) is 31.4 Å². The highest BCUT2D eigenvalue weighted by molar-refractivity contribution is 7.89. The van der Waals surface area contributed by atoms with Crippen LogP contribution in [0.5, 0.6) is 0 Å². The van der Waals surface area contributed by atoms with Gasteiger partial charge in [0.15, 0.2) is 5.71 Å². The molecule has 16 heteroatoms. The number of hydrogen-bond donors (Lipinski definition) is 2. The fourth-order valence-corrected chi connectivity index (χ4v) is 11.0. The molecule has 0 aromatic heterocycles. The average molecular weight is 887 g/mol. The second-order valence-electron chi connectivity index (χ2n) is 16.6. The van der Waals surface area contributed by atoms with Crippen molar-refractivity contribution in [3.05, 3.63) is 95.8 Å². The third-order valence-electron chi connectivity index (χ3n) is 11.7. The highest BCUT2D eigenvalue weighted by Crippen LogP contribution is 2.48. The number of sulfonamides is 1. The number of carbonyl (C=O) groups excluding carboxylic acids is 1. The summed E-state index contributed by atoms with van der Waals surface area (Å²) in [5.41, 5.74) is 4.11. The van der Waals surface area contributed by atoms with E-state index in [1.807, 2.05) is 67.3 Å². The van der Waals surface area contributed by atoms with Crippen LogP contribution in [0.4, 0.5) is 11.4 Å². The molecule has 328 valence electrons. The van der Waals surface area contributed by atoms with Gasteiger partial charge in [0.25, 0.3) is 20.2 Å². The quantitative estimate of drug-likeness (QED) is 0.0499. The summed E-state index contributed by atoms with van der Waals surface area (Å²) in [7, 11) is -12.3. The maximum atomic E-state index is 13.9. The number of unbranched alkanes of at least 4 members (excludes halogenated alkanes) is 3. The fraction of sp³-hybridized carbons (Fsp3) is 0.500. The molecule has 60 heavy (non-hydrogen) atoms. The first-order valence-electron chi connectivity index (χ1n) is 20.7. The Bertz CT molecular complexity index is 2420. The van der Waals surface area contributed by atoms with E-state index >= 15 is 0 Å². The van der Waals surface area contributed by atoms with Gasteiger partial charge in [0.1, 0.15) is 6.54 Å². The topological polar surface area (TPSA) is 179 Å². The van der Waals surface area contributed by atoms with Crippen LogP contribution in [0.25, 0.3) is 0 Å². The van der Waals surface area contributed by atoms with Crippen molar-refractivity contribution in [3.63, 3.8) is 0 Å². The zero-order valence-corrected chi connectivity index (χ0v) is 38.0. The number of carbonyl (C=O) groups is 1. The van der Waals surface area contributed by atoms with Crippen molar-refractivity contribution in [1.29, 1.82) is 0 Å². The molecular weight excluding hydrogens is 827 g/mol. The number of piperidine rings is 1. The highest BCUT2D eigenvalue weighted by atomic mass is 32.2. The van der Waals surface area contributed by atoms with Gasteiger partial charge < -0.3 is 9.64 Å². The van der Waals surface area contributed by atoms with E-state index in [1.54, 1.807) is 19.1 Å². The van der Waals surface area contributed by atoms with Crippen LogP contribution < -0.4 is 4.90 Å². The third-order valence-corrected chi connectivity index (χ3v) is 15.3. The van der Waals surface area contributed by atoms with Crippen molar-refractivity contribution >= 4 is 53.3 Å². The van der Waals surface area contributed by atoms with Gasteiger partial charge in [0, 0.05) is 60.6 Å². The second-order valence-corrected chi connectivity index (χ2v) is 21.5. The largest absolute Gasteiger partial charge is 0.466 e. The maximum Gasteiger partial charge on any atom is 0.309 e. The molecule has 1 fully saturated rings. The van der Waals surface area contributed by atoms with Crippen LogP contribution in [0.1, 0.15) is 97.6 Å². The zero-order valence-electron chi connectivity index (χ0n) is 35.5. The van der Waals surface area contributed by atoms with E-state index in [0.717, 1.165) is 54.2 Å². The van der Waals surface area contributed by atoms with Crippen molar-refractivity contribution in [2.45, 2.75) is 107 Å². The Morgan fingerprint density at radius 2 is 1.47 bits per heavy atom. The van der Waals surface area contributed by atoms with Crippen LogP contribution in [-0.2, 0) is 50.6 Å². The van der Waals surface area contributed by atoms with E-state index in [1.165, 1.54) is 16.4 Å². The molecule has 0 radical (unpaired) electrons. The first-order valence-corrected chi connectivity index (χ1v) is 25.2. The Labute approximate surface area is 356 Å². The minimum absolute atomic E-state index is 0.211. The van der Waals surface area contributed by atoms with Gasteiger partial charge in [-0.2, -0.15) is 25.7 Å². The summed E-state index contributed by atoms with van der Waals surface area (Å²) in [6, 6.07) is 9.87. The molecule has 3 aliphatic heterocycles. The number of allylic oxidation sites excluding steroid dienone is 8. The molecule has 0 saturated carbocycles. The van der Waals surface area contributed by atoms with Gasteiger partial charge in [-0.3, -0.25) is 13.9 Å². The fourth-order valence-electron chi connectivity index (χ4n) is 8.41. The molecule has 3 heterocycles. The molecule has 0 atom stereocenters. The molecule has 0 bridgehead atoms. The molecule has 2 aromatic rings. The minimum Gasteiger partial charge on any atom is -0.466 e. The molecule has 1 saturated heterocycles. The molecule has 0 amide bonds. The predicted molar refractivity (Wildman–Crippen MR) is 235 cm³/mol. The van der Waals surface area contributed by atoms with Crippen LogP contribution in [0.2, 0.25) is 0 Å². The van der Waals surface area contributed by atoms with Crippen LogP contribution in [0, 0.1) is 5.92 Å². The van der Waals surface area contributed by atoms with Crippen LogP contribution >= 0.6 is 0 Å². The number of esters is 1. The van der Waals surface area contributed by atoms with Crippen LogP contribution in [0.15, 0.2) is 94.4 Å². The molecule has 5 rings (SSSR count). The lowest BCUT2D eigenvalue weighted by atomic mass is 9.81. The lowest BCUT2D eigenvalue weighted by Crippen LogP contribution is -2.40. The lowest BCUT2D eigenvalue weighted by Gasteiger charge is -2.30. The van der Waals surface area contributed by atoms with E-state index in [0.29, 0.717) is 38.0 Å². The molecule has 2 aromatic carbocycles. The van der Waals surface area contributed by atoms with Gasteiger partial charge >= 0.3 is 5.97 Å². The molecular formula is C44H60N3O10S3+.